The maximum absolute atomic E-state index is 5.93. The Balaban J connectivity index is 2.22. The van der Waals surface area contributed by atoms with Crippen molar-refractivity contribution in [2.24, 2.45) is 0 Å². The lowest BCUT2D eigenvalue weighted by Crippen LogP contribution is -2.04. The Morgan fingerprint density at radius 3 is 2.75 bits per heavy atom. The standard InChI is InChI=1S/C10H13ClN4O/c1-3-7-5-12-9(16-7)6-15-8(4-2)13-14-10(15)11/h5H,3-4,6H2,1-2H3. The van der Waals surface area contributed by atoms with E-state index in [1.54, 1.807) is 10.8 Å². The topological polar surface area (TPSA) is 56.7 Å². The zero-order valence-corrected chi connectivity index (χ0v) is 10.0. The van der Waals surface area contributed by atoms with E-state index in [-0.39, 0.29) is 0 Å². The minimum atomic E-state index is 0.369. The first-order valence-corrected chi connectivity index (χ1v) is 5.63. The molecule has 0 aromatic carbocycles. The van der Waals surface area contributed by atoms with Gasteiger partial charge in [0.25, 0.3) is 0 Å². The first-order chi connectivity index (χ1) is 7.74. The summed E-state index contributed by atoms with van der Waals surface area (Å²) < 4.78 is 7.31. The van der Waals surface area contributed by atoms with E-state index in [4.69, 9.17) is 16.0 Å². The van der Waals surface area contributed by atoms with Crippen molar-refractivity contribution in [3.05, 3.63) is 29.0 Å². The highest BCUT2D eigenvalue weighted by molar-refractivity contribution is 6.28. The summed E-state index contributed by atoms with van der Waals surface area (Å²) >= 11 is 5.93. The quantitative estimate of drug-likeness (QED) is 0.821. The number of hydrogen-bond donors (Lipinski definition) is 0. The molecular formula is C10H13ClN4O. The fourth-order valence-corrected chi connectivity index (χ4v) is 1.65. The Hall–Kier alpha value is -1.36. The zero-order valence-electron chi connectivity index (χ0n) is 9.27. The van der Waals surface area contributed by atoms with Crippen molar-refractivity contribution >= 4 is 11.6 Å². The lowest BCUT2D eigenvalue weighted by molar-refractivity contribution is 0.443. The van der Waals surface area contributed by atoms with Crippen LogP contribution < -0.4 is 0 Å². The molecule has 0 N–H and O–H groups in total. The monoisotopic (exact) mass is 240 g/mol. The first-order valence-electron chi connectivity index (χ1n) is 5.25. The average molecular weight is 241 g/mol. The molecule has 0 aliphatic heterocycles. The van der Waals surface area contributed by atoms with E-state index in [0.29, 0.717) is 17.7 Å². The SMILES string of the molecule is CCc1cnc(Cn2c(Cl)nnc2CC)o1. The molecule has 0 unspecified atom stereocenters. The summed E-state index contributed by atoms with van der Waals surface area (Å²) in [4.78, 5) is 4.18. The Labute approximate surface area is 98.5 Å². The third-order valence-electron chi connectivity index (χ3n) is 2.34. The van der Waals surface area contributed by atoms with Crippen LogP contribution in [0.2, 0.25) is 5.28 Å². The van der Waals surface area contributed by atoms with E-state index in [2.05, 4.69) is 15.2 Å². The van der Waals surface area contributed by atoms with Gasteiger partial charge >= 0.3 is 0 Å². The third-order valence-corrected chi connectivity index (χ3v) is 2.62. The molecule has 2 heterocycles. The number of nitrogens with zero attached hydrogens (tertiary/aromatic N) is 4. The largest absolute Gasteiger partial charge is 0.444 e. The van der Waals surface area contributed by atoms with Crippen LogP contribution in [0.5, 0.6) is 0 Å². The van der Waals surface area contributed by atoms with E-state index >= 15 is 0 Å². The third kappa shape index (κ3) is 2.09. The fourth-order valence-electron chi connectivity index (χ4n) is 1.45. The van der Waals surface area contributed by atoms with E-state index in [1.165, 1.54) is 0 Å². The minimum Gasteiger partial charge on any atom is -0.444 e. The molecule has 5 nitrogen and oxygen atoms in total. The van der Waals surface area contributed by atoms with Gasteiger partial charge in [0, 0.05) is 12.8 Å². The molecule has 0 amide bonds. The second kappa shape index (κ2) is 4.65. The summed E-state index contributed by atoms with van der Waals surface area (Å²) in [7, 11) is 0. The molecule has 0 aliphatic carbocycles. The summed E-state index contributed by atoms with van der Waals surface area (Å²) in [5, 5.41) is 8.16. The Kier molecular flexibility index (Phi) is 3.24. The fraction of sp³-hybridized carbons (Fsp3) is 0.500. The van der Waals surface area contributed by atoms with Crippen LogP contribution >= 0.6 is 11.6 Å². The molecular weight excluding hydrogens is 228 g/mol. The average Bonchev–Trinajstić information content (AvgIpc) is 2.88. The highest BCUT2D eigenvalue weighted by Crippen LogP contribution is 2.13. The Morgan fingerprint density at radius 2 is 2.12 bits per heavy atom. The Bertz CT molecular complexity index is 477. The van der Waals surface area contributed by atoms with Gasteiger partial charge in [-0.3, -0.25) is 4.57 Å². The van der Waals surface area contributed by atoms with Gasteiger partial charge in [0.15, 0.2) is 0 Å². The van der Waals surface area contributed by atoms with E-state index in [0.717, 1.165) is 24.4 Å². The summed E-state index contributed by atoms with van der Waals surface area (Å²) in [6.07, 6.45) is 3.35. The lowest BCUT2D eigenvalue weighted by atomic mass is 10.4. The summed E-state index contributed by atoms with van der Waals surface area (Å²) in [5.41, 5.74) is 0. The normalized spacial score (nSPS) is 10.9. The highest BCUT2D eigenvalue weighted by atomic mass is 35.5. The van der Waals surface area contributed by atoms with Gasteiger partial charge in [-0.25, -0.2) is 4.98 Å². The number of halogens is 1. The van der Waals surface area contributed by atoms with Crippen LogP contribution in [0.25, 0.3) is 0 Å². The van der Waals surface area contributed by atoms with Gasteiger partial charge in [0.1, 0.15) is 18.1 Å². The molecule has 0 saturated heterocycles. The van der Waals surface area contributed by atoms with Crippen molar-refractivity contribution < 1.29 is 4.42 Å². The van der Waals surface area contributed by atoms with Crippen LogP contribution in [0.3, 0.4) is 0 Å². The van der Waals surface area contributed by atoms with Gasteiger partial charge in [-0.15, -0.1) is 10.2 Å². The summed E-state index contributed by atoms with van der Waals surface area (Å²) in [6.45, 7) is 4.51. The molecule has 0 bridgehead atoms. The van der Waals surface area contributed by atoms with Gasteiger partial charge in [0.05, 0.1) is 6.20 Å². The number of oxazole rings is 1. The zero-order chi connectivity index (χ0) is 11.5. The maximum Gasteiger partial charge on any atom is 0.225 e. The molecule has 0 aliphatic rings. The van der Waals surface area contributed by atoms with Crippen molar-refractivity contribution in [3.8, 4) is 0 Å². The maximum atomic E-state index is 5.93. The van der Waals surface area contributed by atoms with Crippen LogP contribution in [-0.4, -0.2) is 19.7 Å². The van der Waals surface area contributed by atoms with Crippen molar-refractivity contribution in [2.75, 3.05) is 0 Å². The van der Waals surface area contributed by atoms with E-state index < -0.39 is 0 Å². The second-order valence-electron chi connectivity index (χ2n) is 3.40. The van der Waals surface area contributed by atoms with Gasteiger partial charge in [-0.05, 0) is 11.6 Å². The van der Waals surface area contributed by atoms with Crippen molar-refractivity contribution in [2.45, 2.75) is 33.2 Å². The molecule has 86 valence electrons. The van der Waals surface area contributed by atoms with E-state index in [1.807, 2.05) is 13.8 Å². The predicted molar refractivity (Wildman–Crippen MR) is 59.4 cm³/mol. The molecule has 2 aromatic heterocycles. The molecule has 0 saturated carbocycles. The van der Waals surface area contributed by atoms with Crippen LogP contribution in [0.1, 0.15) is 31.3 Å². The lowest BCUT2D eigenvalue weighted by Gasteiger charge is -2.02. The minimum absolute atomic E-state index is 0.369. The summed E-state index contributed by atoms with van der Waals surface area (Å²) in [5.74, 6) is 2.34. The Morgan fingerprint density at radius 1 is 1.31 bits per heavy atom. The highest BCUT2D eigenvalue weighted by Gasteiger charge is 2.11. The van der Waals surface area contributed by atoms with Gasteiger partial charge in [-0.1, -0.05) is 13.8 Å². The molecule has 0 spiro atoms. The number of hydrogen-bond acceptors (Lipinski definition) is 4. The van der Waals surface area contributed by atoms with Gasteiger partial charge in [0.2, 0.25) is 11.2 Å². The first kappa shape index (κ1) is 11.1. The second-order valence-corrected chi connectivity index (χ2v) is 3.74. The van der Waals surface area contributed by atoms with Crippen LogP contribution in [-0.2, 0) is 19.4 Å². The van der Waals surface area contributed by atoms with Crippen LogP contribution in [0.4, 0.5) is 0 Å². The number of rotatable bonds is 4. The van der Waals surface area contributed by atoms with Crippen molar-refractivity contribution in [1.82, 2.24) is 19.7 Å². The van der Waals surface area contributed by atoms with Crippen LogP contribution in [0, 0.1) is 0 Å². The molecule has 16 heavy (non-hydrogen) atoms. The van der Waals surface area contributed by atoms with Crippen molar-refractivity contribution in [1.29, 1.82) is 0 Å². The van der Waals surface area contributed by atoms with E-state index in [9.17, 15) is 0 Å². The molecule has 2 rings (SSSR count). The molecule has 0 radical (unpaired) electrons. The summed E-state index contributed by atoms with van der Waals surface area (Å²) in [6, 6.07) is 0. The molecule has 0 fully saturated rings. The number of aromatic nitrogens is 4. The van der Waals surface area contributed by atoms with Gasteiger partial charge in [-0.2, -0.15) is 0 Å². The number of aryl methyl sites for hydroxylation is 2. The molecule has 6 heteroatoms. The van der Waals surface area contributed by atoms with Crippen molar-refractivity contribution in [3.63, 3.8) is 0 Å². The smallest absolute Gasteiger partial charge is 0.225 e. The van der Waals surface area contributed by atoms with Gasteiger partial charge < -0.3 is 4.42 Å². The predicted octanol–water partition coefficient (Wildman–Crippen LogP) is 2.09. The molecule has 2 aromatic rings. The van der Waals surface area contributed by atoms with Crippen LogP contribution in [0.15, 0.2) is 10.6 Å². The molecule has 0 atom stereocenters.